The molecule has 0 N–H and O–H groups in total. The Hall–Kier alpha value is -3.54. The van der Waals surface area contributed by atoms with Crippen molar-refractivity contribution in [2.24, 2.45) is 10.4 Å². The Morgan fingerprint density at radius 2 is 1.79 bits per heavy atom. The Morgan fingerprint density at radius 1 is 1.06 bits per heavy atom. The molecule has 0 saturated carbocycles. The first-order chi connectivity index (χ1) is 22.7. The molecule has 1 atom stereocenters. The van der Waals surface area contributed by atoms with Gasteiger partial charge >= 0.3 is 0 Å². The summed E-state index contributed by atoms with van der Waals surface area (Å²) in [5, 5.41) is 0. The average Bonchev–Trinajstić information content (AvgIpc) is 3.29. The van der Waals surface area contributed by atoms with E-state index in [0.717, 1.165) is 67.7 Å². The molecule has 1 aliphatic rings. The zero-order chi connectivity index (χ0) is 35.6. The second-order valence-corrected chi connectivity index (χ2v) is 14.8. The molecule has 6 nitrogen and oxygen atoms in total. The lowest BCUT2D eigenvalue weighted by Gasteiger charge is -2.41. The van der Waals surface area contributed by atoms with Gasteiger partial charge in [0.05, 0.1) is 5.70 Å². The van der Waals surface area contributed by atoms with Crippen LogP contribution in [0.25, 0.3) is 0 Å². The molecule has 0 aliphatic carbocycles. The predicted molar refractivity (Wildman–Crippen MR) is 203 cm³/mol. The number of rotatable bonds is 17. The molecule has 0 spiro atoms. The number of aromatic nitrogens is 1. The monoisotopic (exact) mass is 654 g/mol. The highest BCUT2D eigenvalue weighted by Gasteiger charge is 2.39. The minimum absolute atomic E-state index is 0.0244. The number of Topliss-reactive ketones (excluding diaryl/α,β-unsaturated/α-hetero) is 1. The second-order valence-electron chi connectivity index (χ2n) is 14.8. The van der Waals surface area contributed by atoms with Gasteiger partial charge in [0.2, 0.25) is 0 Å². The molecule has 6 heteroatoms. The molecule has 0 radical (unpaired) electrons. The van der Waals surface area contributed by atoms with Crippen molar-refractivity contribution < 1.29 is 9.59 Å². The first kappa shape index (κ1) is 38.9. The van der Waals surface area contributed by atoms with Crippen molar-refractivity contribution in [1.29, 1.82) is 0 Å². The summed E-state index contributed by atoms with van der Waals surface area (Å²) in [5.41, 5.74) is 7.71. The Balaban J connectivity index is 2.01. The first-order valence-corrected chi connectivity index (χ1v) is 18.3. The standard InChI is InChI=1S/C42H62N4O2/c1-12-17-18-19-38(44-39-31(7)45(29-41(39,8)9)35-22-20-30(6)33(14-3)26-35)40(48)46(24-13-2)42(10,11)27-34(15-4)37-23-21-32(28-43-37)25-36(47)16-5/h18-23,26,28,34H,12-17,24-25,27,29H2,1-11H3/b19-18+,44-38+. The highest BCUT2D eigenvalue weighted by molar-refractivity contribution is 6.43. The normalized spacial score (nSPS) is 15.8. The number of allylic oxidation sites excluding steroid dienone is 2. The minimum atomic E-state index is -0.440. The van der Waals surface area contributed by atoms with Crippen LogP contribution < -0.4 is 4.90 Å². The number of aryl methyl sites for hydroxylation is 2. The minimum Gasteiger partial charge on any atom is -0.343 e. The summed E-state index contributed by atoms with van der Waals surface area (Å²) in [4.78, 5) is 41.1. The SMILES string of the molecule is CCC/C=C/C(=N\C1=C(C)N(c2ccc(C)c(CC)c2)CC1(C)C)C(=O)N(CCC)C(C)(C)CC(CC)c1ccc(CC(=O)CC)cn1. The van der Waals surface area contributed by atoms with E-state index in [-0.39, 0.29) is 23.0 Å². The largest absolute Gasteiger partial charge is 0.343 e. The molecule has 1 amide bonds. The molecule has 262 valence electrons. The number of pyridine rings is 1. The van der Waals surface area contributed by atoms with Crippen molar-refractivity contribution in [2.45, 2.75) is 139 Å². The van der Waals surface area contributed by atoms with Crippen LogP contribution in [-0.2, 0) is 22.4 Å². The van der Waals surface area contributed by atoms with Crippen molar-refractivity contribution in [3.05, 3.63) is 82.5 Å². The number of anilines is 1. The highest BCUT2D eigenvalue weighted by Crippen LogP contribution is 2.42. The third-order valence-electron chi connectivity index (χ3n) is 9.87. The number of carbonyl (C=O) groups is 2. The summed E-state index contributed by atoms with van der Waals surface area (Å²) in [5.74, 6) is 0.370. The van der Waals surface area contributed by atoms with Gasteiger partial charge in [-0.15, -0.1) is 0 Å². The quantitative estimate of drug-likeness (QED) is 0.159. The van der Waals surface area contributed by atoms with Crippen molar-refractivity contribution in [2.75, 3.05) is 18.0 Å². The van der Waals surface area contributed by atoms with E-state index in [4.69, 9.17) is 9.98 Å². The van der Waals surface area contributed by atoms with Crippen LogP contribution in [0.3, 0.4) is 0 Å². The van der Waals surface area contributed by atoms with Crippen LogP contribution in [0, 0.1) is 12.3 Å². The van der Waals surface area contributed by atoms with Crippen LogP contribution in [0.1, 0.15) is 136 Å². The molecule has 0 saturated heterocycles. The van der Waals surface area contributed by atoms with Gasteiger partial charge in [0.25, 0.3) is 5.91 Å². The number of benzene rings is 1. The molecule has 3 rings (SSSR count). The van der Waals surface area contributed by atoms with E-state index in [1.807, 2.05) is 30.2 Å². The second kappa shape index (κ2) is 17.2. The Bertz CT molecular complexity index is 1500. The van der Waals surface area contributed by atoms with Gasteiger partial charge < -0.3 is 9.80 Å². The van der Waals surface area contributed by atoms with Gasteiger partial charge in [-0.25, -0.2) is 4.99 Å². The molecule has 1 aromatic heterocycles. The summed E-state index contributed by atoms with van der Waals surface area (Å²) < 4.78 is 0. The van der Waals surface area contributed by atoms with Crippen LogP contribution in [0.4, 0.5) is 5.69 Å². The van der Waals surface area contributed by atoms with Crippen molar-refractivity contribution in [3.63, 3.8) is 0 Å². The maximum atomic E-state index is 14.7. The van der Waals surface area contributed by atoms with E-state index in [1.54, 1.807) is 0 Å². The zero-order valence-corrected chi connectivity index (χ0v) is 31.9. The smallest absolute Gasteiger partial charge is 0.272 e. The summed E-state index contributed by atoms with van der Waals surface area (Å²) in [6, 6.07) is 10.8. The average molecular weight is 655 g/mol. The topological polar surface area (TPSA) is 65.9 Å². The van der Waals surface area contributed by atoms with Gasteiger partial charge in [-0.05, 0) is 101 Å². The first-order valence-electron chi connectivity index (χ1n) is 18.3. The molecule has 2 heterocycles. The lowest BCUT2D eigenvalue weighted by molar-refractivity contribution is -0.129. The van der Waals surface area contributed by atoms with Crippen LogP contribution in [-0.4, -0.2) is 45.9 Å². The van der Waals surface area contributed by atoms with Gasteiger partial charge in [-0.3, -0.25) is 14.6 Å². The van der Waals surface area contributed by atoms with Crippen LogP contribution >= 0.6 is 0 Å². The van der Waals surface area contributed by atoms with Crippen LogP contribution in [0.2, 0.25) is 0 Å². The molecule has 48 heavy (non-hydrogen) atoms. The summed E-state index contributed by atoms with van der Waals surface area (Å²) in [6.45, 7) is 25.2. The third kappa shape index (κ3) is 9.54. The fraction of sp³-hybridized carbons (Fsp3) is 0.571. The third-order valence-corrected chi connectivity index (χ3v) is 9.87. The van der Waals surface area contributed by atoms with Gasteiger partial charge in [0, 0.05) is 66.1 Å². The highest BCUT2D eigenvalue weighted by atomic mass is 16.2. The maximum absolute atomic E-state index is 14.7. The van der Waals surface area contributed by atoms with Gasteiger partial charge in [-0.2, -0.15) is 0 Å². The van der Waals surface area contributed by atoms with Crippen LogP contribution in [0.5, 0.6) is 0 Å². The molecule has 0 fully saturated rings. The van der Waals surface area contributed by atoms with E-state index in [2.05, 4.69) is 104 Å². The molecular weight excluding hydrogens is 592 g/mol. The summed E-state index contributed by atoms with van der Waals surface area (Å²) >= 11 is 0. The Kier molecular flexibility index (Phi) is 14.0. The predicted octanol–water partition coefficient (Wildman–Crippen LogP) is 9.95. The maximum Gasteiger partial charge on any atom is 0.272 e. The lowest BCUT2D eigenvalue weighted by Crippen LogP contribution is -2.51. The van der Waals surface area contributed by atoms with Crippen molar-refractivity contribution in [3.8, 4) is 0 Å². The van der Waals surface area contributed by atoms with Gasteiger partial charge in [0.15, 0.2) is 0 Å². The number of nitrogens with zero attached hydrogens (tertiary/aromatic N) is 4. The number of aliphatic imine (C=N–C) groups is 1. The lowest BCUT2D eigenvalue weighted by atomic mass is 9.84. The molecule has 2 aromatic rings. The van der Waals surface area contributed by atoms with E-state index < -0.39 is 5.54 Å². The Labute approximate surface area is 291 Å². The number of carbonyl (C=O) groups excluding carboxylic acids is 2. The molecular formula is C42H62N4O2. The van der Waals surface area contributed by atoms with Crippen molar-refractivity contribution >= 4 is 23.1 Å². The number of hydrogen-bond acceptors (Lipinski definition) is 5. The van der Waals surface area contributed by atoms with Crippen LogP contribution in [0.15, 0.2) is 65.1 Å². The zero-order valence-electron chi connectivity index (χ0n) is 31.9. The number of hydrogen-bond donors (Lipinski definition) is 0. The molecule has 0 bridgehead atoms. The Morgan fingerprint density at radius 3 is 2.38 bits per heavy atom. The molecule has 1 aliphatic heterocycles. The van der Waals surface area contributed by atoms with Gasteiger partial charge in [0.1, 0.15) is 11.5 Å². The van der Waals surface area contributed by atoms with E-state index >= 15 is 0 Å². The summed E-state index contributed by atoms with van der Waals surface area (Å²) in [6.07, 6.45) is 12.3. The van der Waals surface area contributed by atoms with Gasteiger partial charge in [-0.1, -0.05) is 73.1 Å². The van der Waals surface area contributed by atoms with E-state index in [1.165, 1.54) is 16.8 Å². The molecule has 1 aromatic carbocycles. The number of amides is 1. The summed E-state index contributed by atoms with van der Waals surface area (Å²) in [7, 11) is 0. The fourth-order valence-corrected chi connectivity index (χ4v) is 6.92. The number of ketones is 1. The fourth-order valence-electron chi connectivity index (χ4n) is 6.92. The van der Waals surface area contributed by atoms with E-state index in [9.17, 15) is 9.59 Å². The number of unbranched alkanes of at least 4 members (excludes halogenated alkanes) is 1. The van der Waals surface area contributed by atoms with Crippen molar-refractivity contribution in [1.82, 2.24) is 9.88 Å². The molecule has 1 unspecified atom stereocenters. The van der Waals surface area contributed by atoms with E-state index in [0.29, 0.717) is 25.1 Å².